The smallest absolute Gasteiger partial charge is 0.271 e. The largest absolute Gasteiger partial charge is 0.495 e. The van der Waals surface area contributed by atoms with Crippen molar-refractivity contribution < 1.29 is 14.5 Å². The highest BCUT2D eigenvalue weighted by atomic mass is 32.2. The molecule has 4 aromatic rings. The lowest BCUT2D eigenvalue weighted by Crippen LogP contribution is -2.15. The predicted octanol–water partition coefficient (Wildman–Crippen LogP) is 4.67. The number of carbonyl (C=O) groups excluding carboxylic acids is 1. The molecule has 156 valence electrons. The molecule has 0 aliphatic heterocycles. The number of imidazole rings is 1. The number of nitrogens with one attached hydrogen (secondary N) is 1. The van der Waals surface area contributed by atoms with E-state index < -0.39 is 4.92 Å². The Labute approximate surface area is 182 Å². The van der Waals surface area contributed by atoms with Gasteiger partial charge in [-0.15, -0.1) is 0 Å². The van der Waals surface area contributed by atoms with Crippen LogP contribution in [0.1, 0.15) is 0 Å². The number of thioether (sulfide) groups is 1. The Hall–Kier alpha value is -3.85. The van der Waals surface area contributed by atoms with Crippen LogP contribution in [0.25, 0.3) is 16.7 Å². The molecule has 0 fully saturated rings. The summed E-state index contributed by atoms with van der Waals surface area (Å²) in [5.74, 6) is 0.0954. The van der Waals surface area contributed by atoms with Crippen molar-refractivity contribution in [2.24, 2.45) is 0 Å². The van der Waals surface area contributed by atoms with Gasteiger partial charge in [0.2, 0.25) is 5.91 Å². The average molecular weight is 434 g/mol. The van der Waals surface area contributed by atoms with E-state index in [1.807, 2.05) is 59.2 Å². The molecule has 0 spiro atoms. The summed E-state index contributed by atoms with van der Waals surface area (Å²) in [5, 5.41) is 14.4. The number of nitrogens with zero attached hydrogens (tertiary/aromatic N) is 3. The van der Waals surface area contributed by atoms with E-state index in [1.54, 1.807) is 0 Å². The lowest BCUT2D eigenvalue weighted by molar-refractivity contribution is -0.384. The lowest BCUT2D eigenvalue weighted by atomic mass is 10.2. The van der Waals surface area contributed by atoms with Crippen LogP contribution in [0.2, 0.25) is 0 Å². The lowest BCUT2D eigenvalue weighted by Gasteiger charge is -2.11. The monoisotopic (exact) mass is 434 g/mol. The molecular weight excluding hydrogens is 416 g/mol. The third-order valence-corrected chi connectivity index (χ3v) is 5.48. The summed E-state index contributed by atoms with van der Waals surface area (Å²) < 4.78 is 7.20. The second-order valence-corrected chi connectivity index (χ2v) is 7.48. The quantitative estimate of drug-likeness (QED) is 0.258. The van der Waals surface area contributed by atoms with Crippen LogP contribution in [0.5, 0.6) is 5.75 Å². The number of ether oxygens (including phenoxy) is 1. The molecule has 0 atom stereocenters. The van der Waals surface area contributed by atoms with Gasteiger partial charge in [0.1, 0.15) is 5.75 Å². The maximum absolute atomic E-state index is 12.6. The number of carbonyl (C=O) groups is 1. The maximum atomic E-state index is 12.6. The summed E-state index contributed by atoms with van der Waals surface area (Å²) in [4.78, 5) is 27.8. The molecule has 0 unspecified atom stereocenters. The van der Waals surface area contributed by atoms with Crippen molar-refractivity contribution in [3.8, 4) is 11.4 Å². The van der Waals surface area contributed by atoms with Gasteiger partial charge in [-0.05, 0) is 30.3 Å². The van der Waals surface area contributed by atoms with Crippen LogP contribution in [0, 0.1) is 10.1 Å². The van der Waals surface area contributed by atoms with Crippen LogP contribution >= 0.6 is 11.8 Å². The van der Waals surface area contributed by atoms with Gasteiger partial charge in [-0.1, -0.05) is 42.1 Å². The van der Waals surface area contributed by atoms with E-state index in [0.717, 1.165) is 16.7 Å². The third-order valence-electron chi connectivity index (χ3n) is 4.54. The Morgan fingerprint density at radius 2 is 1.87 bits per heavy atom. The van der Waals surface area contributed by atoms with Crippen molar-refractivity contribution in [1.82, 2.24) is 9.55 Å². The van der Waals surface area contributed by atoms with E-state index in [4.69, 9.17) is 4.74 Å². The zero-order valence-corrected chi connectivity index (χ0v) is 17.3. The zero-order valence-electron chi connectivity index (χ0n) is 16.5. The van der Waals surface area contributed by atoms with Crippen molar-refractivity contribution in [2.45, 2.75) is 5.16 Å². The average Bonchev–Trinajstić information content (AvgIpc) is 3.16. The number of nitro benzene ring substituents is 1. The minimum Gasteiger partial charge on any atom is -0.495 e. The standard InChI is InChI=1S/C22H18N4O4S/c1-30-20-12-11-16(26(28)29)13-18(20)23-21(27)14-31-22-24-17-9-5-6-10-19(17)25(22)15-7-3-2-4-8-15/h2-13H,14H2,1H3,(H,23,27). The van der Waals surface area contributed by atoms with E-state index in [9.17, 15) is 14.9 Å². The number of hydrogen-bond donors (Lipinski definition) is 1. The first-order chi connectivity index (χ1) is 15.1. The third kappa shape index (κ3) is 4.36. The molecule has 1 aromatic heterocycles. The molecule has 31 heavy (non-hydrogen) atoms. The first-order valence-electron chi connectivity index (χ1n) is 9.35. The van der Waals surface area contributed by atoms with Gasteiger partial charge in [0, 0.05) is 17.8 Å². The summed E-state index contributed by atoms with van der Waals surface area (Å²) in [7, 11) is 1.44. The molecule has 1 heterocycles. The Balaban J connectivity index is 1.57. The van der Waals surface area contributed by atoms with Crippen LogP contribution in [0.3, 0.4) is 0 Å². The minimum atomic E-state index is -0.522. The summed E-state index contributed by atoms with van der Waals surface area (Å²) in [6, 6.07) is 21.6. The van der Waals surface area contributed by atoms with Gasteiger partial charge in [-0.25, -0.2) is 4.98 Å². The van der Waals surface area contributed by atoms with Crippen LogP contribution in [-0.2, 0) is 4.79 Å². The van der Waals surface area contributed by atoms with Crippen molar-refractivity contribution in [2.75, 3.05) is 18.2 Å². The number of para-hydroxylation sites is 3. The molecule has 1 N–H and O–H groups in total. The van der Waals surface area contributed by atoms with Crippen molar-refractivity contribution >= 4 is 40.1 Å². The summed E-state index contributed by atoms with van der Waals surface area (Å²) in [6.45, 7) is 0. The molecule has 0 aliphatic carbocycles. The fourth-order valence-corrected chi connectivity index (χ4v) is 3.98. The fraction of sp³-hybridized carbons (Fsp3) is 0.0909. The SMILES string of the molecule is COc1ccc([N+](=O)[O-])cc1NC(=O)CSc1nc2ccccc2n1-c1ccccc1. The highest BCUT2D eigenvalue weighted by Crippen LogP contribution is 2.30. The minimum absolute atomic E-state index is 0.0714. The van der Waals surface area contributed by atoms with Gasteiger partial charge in [-0.3, -0.25) is 19.5 Å². The van der Waals surface area contributed by atoms with Gasteiger partial charge >= 0.3 is 0 Å². The molecule has 0 saturated heterocycles. The molecule has 1 amide bonds. The highest BCUT2D eigenvalue weighted by molar-refractivity contribution is 7.99. The number of anilines is 1. The topological polar surface area (TPSA) is 99.3 Å². The molecule has 9 heteroatoms. The zero-order chi connectivity index (χ0) is 21.8. The van der Waals surface area contributed by atoms with Gasteiger partial charge in [0.15, 0.2) is 5.16 Å². The normalized spacial score (nSPS) is 10.7. The number of hydrogen-bond acceptors (Lipinski definition) is 6. The Morgan fingerprint density at radius 3 is 2.61 bits per heavy atom. The Morgan fingerprint density at radius 1 is 1.13 bits per heavy atom. The summed E-state index contributed by atoms with van der Waals surface area (Å²) in [5.41, 5.74) is 2.83. The first kappa shape index (κ1) is 20.4. The van der Waals surface area contributed by atoms with E-state index in [2.05, 4.69) is 10.3 Å². The van der Waals surface area contributed by atoms with Crippen molar-refractivity contribution in [1.29, 1.82) is 0 Å². The van der Waals surface area contributed by atoms with Crippen LogP contribution in [0.15, 0.2) is 78.0 Å². The molecule has 0 radical (unpaired) electrons. The predicted molar refractivity (Wildman–Crippen MR) is 120 cm³/mol. The number of rotatable bonds is 7. The number of fused-ring (bicyclic) bond motifs is 1. The Bertz CT molecular complexity index is 1260. The van der Waals surface area contributed by atoms with Gasteiger partial charge in [0.05, 0.1) is 34.5 Å². The first-order valence-corrected chi connectivity index (χ1v) is 10.3. The molecule has 0 bridgehead atoms. The van der Waals surface area contributed by atoms with Crippen molar-refractivity contribution in [3.63, 3.8) is 0 Å². The molecule has 8 nitrogen and oxygen atoms in total. The van der Waals surface area contributed by atoms with E-state index >= 15 is 0 Å². The van der Waals surface area contributed by atoms with Crippen LogP contribution in [0.4, 0.5) is 11.4 Å². The fourth-order valence-electron chi connectivity index (χ4n) is 3.15. The second kappa shape index (κ2) is 8.88. The number of non-ortho nitro benzene ring substituents is 1. The van der Waals surface area contributed by atoms with E-state index in [-0.39, 0.29) is 23.0 Å². The number of methoxy groups -OCH3 is 1. The van der Waals surface area contributed by atoms with Gasteiger partial charge in [-0.2, -0.15) is 0 Å². The molecular formula is C22H18N4O4S. The summed E-state index contributed by atoms with van der Waals surface area (Å²) >= 11 is 1.28. The van der Waals surface area contributed by atoms with Crippen LogP contribution < -0.4 is 10.1 Å². The number of benzene rings is 3. The number of nitro groups is 1. The molecule has 3 aromatic carbocycles. The van der Waals surface area contributed by atoms with Gasteiger partial charge < -0.3 is 10.1 Å². The van der Waals surface area contributed by atoms with Crippen LogP contribution in [-0.4, -0.2) is 33.2 Å². The van der Waals surface area contributed by atoms with Gasteiger partial charge in [0.25, 0.3) is 5.69 Å². The number of aromatic nitrogens is 2. The van der Waals surface area contributed by atoms with Crippen molar-refractivity contribution in [3.05, 3.63) is 82.9 Å². The maximum Gasteiger partial charge on any atom is 0.271 e. The molecule has 4 rings (SSSR count). The highest BCUT2D eigenvalue weighted by Gasteiger charge is 2.17. The Kier molecular flexibility index (Phi) is 5.85. The molecule has 0 aliphatic rings. The second-order valence-electron chi connectivity index (χ2n) is 6.53. The molecule has 0 saturated carbocycles. The summed E-state index contributed by atoms with van der Waals surface area (Å²) in [6.07, 6.45) is 0. The number of amides is 1. The van der Waals surface area contributed by atoms with E-state index in [1.165, 1.54) is 37.1 Å². The van der Waals surface area contributed by atoms with E-state index in [0.29, 0.717) is 10.9 Å².